The quantitative estimate of drug-likeness (QED) is 0.556. The van der Waals surface area contributed by atoms with E-state index in [1.165, 1.54) is 50.2 Å². The van der Waals surface area contributed by atoms with Crippen molar-refractivity contribution in [2.24, 2.45) is 5.73 Å². The van der Waals surface area contributed by atoms with Crippen molar-refractivity contribution in [3.05, 3.63) is 65.7 Å². The van der Waals surface area contributed by atoms with Crippen molar-refractivity contribution < 1.29 is 23.4 Å². The topological polar surface area (TPSA) is 130 Å². The summed E-state index contributed by atoms with van der Waals surface area (Å²) in [6, 6.07) is 13.4. The first kappa shape index (κ1) is 20.1. The van der Waals surface area contributed by atoms with Crippen LogP contribution in [0, 0.1) is 0 Å². The van der Waals surface area contributed by atoms with E-state index in [0.717, 1.165) is 0 Å². The van der Waals surface area contributed by atoms with Gasteiger partial charge < -0.3 is 15.9 Å². The molecule has 0 spiro atoms. The van der Waals surface area contributed by atoms with E-state index >= 15 is 0 Å². The summed E-state index contributed by atoms with van der Waals surface area (Å²) in [7, 11) is -3.99. The molecule has 0 bridgehead atoms. The van der Waals surface area contributed by atoms with Gasteiger partial charge in [-0.1, -0.05) is 42.5 Å². The Morgan fingerprint density at radius 2 is 1.65 bits per heavy atom. The van der Waals surface area contributed by atoms with Gasteiger partial charge in [0, 0.05) is 0 Å². The van der Waals surface area contributed by atoms with E-state index in [4.69, 9.17) is 5.73 Å². The zero-order valence-electron chi connectivity index (χ0n) is 14.5. The third-order valence-corrected chi connectivity index (χ3v) is 5.61. The molecule has 1 atom stereocenters. The fraction of sp³-hybridized carbons (Fsp3) is 0.278. The molecule has 8 heteroatoms. The van der Waals surface area contributed by atoms with Crippen molar-refractivity contribution in [3.8, 4) is 0 Å². The van der Waals surface area contributed by atoms with E-state index in [1.54, 1.807) is 18.2 Å². The maximum atomic E-state index is 12.6. The van der Waals surface area contributed by atoms with Crippen molar-refractivity contribution in [2.45, 2.75) is 29.9 Å². The Morgan fingerprint density at radius 1 is 1.08 bits per heavy atom. The number of rotatable bonds is 7. The maximum Gasteiger partial charge on any atom is 0.258 e. The SMILES string of the molecule is CC(C)(CO)NS(=O)(=O)c1cccc(C(O)(C(N)=O)c2ccccc2)c1. The molecule has 0 heterocycles. The van der Waals surface area contributed by atoms with Gasteiger partial charge >= 0.3 is 0 Å². The molecule has 26 heavy (non-hydrogen) atoms. The van der Waals surface area contributed by atoms with Crippen molar-refractivity contribution in [1.82, 2.24) is 4.72 Å². The van der Waals surface area contributed by atoms with Gasteiger partial charge in [0.2, 0.25) is 10.0 Å². The first-order chi connectivity index (χ1) is 12.0. The molecule has 2 aromatic rings. The van der Waals surface area contributed by atoms with Crippen molar-refractivity contribution >= 4 is 15.9 Å². The lowest BCUT2D eigenvalue weighted by Gasteiger charge is -2.27. The van der Waals surface area contributed by atoms with Crippen molar-refractivity contribution in [2.75, 3.05) is 6.61 Å². The number of aliphatic hydroxyl groups excluding tert-OH is 1. The number of sulfonamides is 1. The minimum Gasteiger partial charge on any atom is -0.394 e. The van der Waals surface area contributed by atoms with E-state index in [-0.39, 0.29) is 16.0 Å². The van der Waals surface area contributed by atoms with Gasteiger partial charge in [0.25, 0.3) is 5.91 Å². The Balaban J connectivity index is 2.56. The fourth-order valence-electron chi connectivity index (χ4n) is 2.47. The minimum atomic E-state index is -3.99. The molecule has 2 aromatic carbocycles. The minimum absolute atomic E-state index is 0.0286. The number of nitrogens with two attached hydrogens (primary N) is 1. The van der Waals surface area contributed by atoms with E-state index in [2.05, 4.69) is 4.72 Å². The standard InChI is InChI=1S/C18H22N2O5S/c1-17(2,12-21)20-26(24,25)15-10-6-9-14(11-15)18(23,16(19)22)13-7-4-3-5-8-13/h3-11,20-21,23H,12H2,1-2H3,(H2,19,22). The molecular weight excluding hydrogens is 356 g/mol. The second kappa shape index (κ2) is 7.16. The molecule has 140 valence electrons. The number of carbonyl (C=O) groups is 1. The molecule has 0 aliphatic carbocycles. The third-order valence-electron chi connectivity index (χ3n) is 3.92. The molecule has 0 saturated carbocycles. The molecular formula is C18H22N2O5S. The average molecular weight is 378 g/mol. The Hall–Kier alpha value is -2.26. The van der Waals surface area contributed by atoms with Crippen LogP contribution in [0.15, 0.2) is 59.5 Å². The van der Waals surface area contributed by atoms with Gasteiger partial charge in [-0.3, -0.25) is 4.79 Å². The van der Waals surface area contributed by atoms with Crippen LogP contribution in [-0.4, -0.2) is 36.7 Å². The molecule has 2 rings (SSSR count). The van der Waals surface area contributed by atoms with Crippen LogP contribution in [-0.2, 0) is 20.4 Å². The lowest BCUT2D eigenvalue weighted by molar-refractivity contribution is -0.133. The van der Waals surface area contributed by atoms with Gasteiger partial charge in [-0.15, -0.1) is 0 Å². The average Bonchev–Trinajstić information content (AvgIpc) is 2.61. The van der Waals surface area contributed by atoms with Crippen molar-refractivity contribution in [3.63, 3.8) is 0 Å². The molecule has 1 unspecified atom stereocenters. The number of nitrogens with one attached hydrogen (secondary N) is 1. The number of amides is 1. The predicted molar refractivity (Wildman–Crippen MR) is 96.6 cm³/mol. The number of carbonyl (C=O) groups excluding carboxylic acids is 1. The lowest BCUT2D eigenvalue weighted by Crippen LogP contribution is -2.46. The number of benzene rings is 2. The molecule has 0 aliphatic heterocycles. The summed E-state index contributed by atoms with van der Waals surface area (Å²) in [4.78, 5) is 11.9. The maximum absolute atomic E-state index is 12.6. The van der Waals surface area contributed by atoms with Crippen molar-refractivity contribution in [1.29, 1.82) is 0 Å². The third kappa shape index (κ3) is 3.94. The van der Waals surface area contributed by atoms with Crippen LogP contribution in [0.3, 0.4) is 0 Å². The molecule has 0 aromatic heterocycles. The number of aliphatic hydroxyl groups is 2. The summed E-state index contributed by atoms with van der Waals surface area (Å²) < 4.78 is 27.5. The Bertz CT molecular complexity index is 897. The van der Waals surface area contributed by atoms with Crippen LogP contribution in [0.5, 0.6) is 0 Å². The van der Waals surface area contributed by atoms with Gasteiger partial charge in [-0.05, 0) is 37.1 Å². The number of hydrogen-bond acceptors (Lipinski definition) is 5. The van der Waals surface area contributed by atoms with Crippen LogP contribution < -0.4 is 10.5 Å². The van der Waals surface area contributed by atoms with E-state index in [9.17, 15) is 23.4 Å². The second-order valence-corrected chi connectivity index (χ2v) is 8.30. The molecule has 0 fully saturated rings. The normalized spacial score (nSPS) is 14.6. The van der Waals surface area contributed by atoms with Gasteiger partial charge in [0.1, 0.15) is 0 Å². The molecule has 1 amide bonds. The highest BCUT2D eigenvalue weighted by molar-refractivity contribution is 7.89. The van der Waals surface area contributed by atoms with Gasteiger partial charge in [0.05, 0.1) is 17.0 Å². The molecule has 0 radical (unpaired) electrons. The lowest BCUT2D eigenvalue weighted by atomic mass is 9.86. The number of primary amides is 1. The number of hydrogen-bond donors (Lipinski definition) is 4. The highest BCUT2D eigenvalue weighted by Crippen LogP contribution is 2.31. The second-order valence-electron chi connectivity index (χ2n) is 6.62. The fourth-order valence-corrected chi connectivity index (χ4v) is 3.92. The van der Waals surface area contributed by atoms with Crippen LogP contribution in [0.2, 0.25) is 0 Å². The van der Waals surface area contributed by atoms with Crippen LogP contribution in [0.4, 0.5) is 0 Å². The molecule has 0 aliphatic rings. The Labute approximate surface area is 152 Å². The summed E-state index contributed by atoms with van der Waals surface area (Å²) in [6.45, 7) is 2.65. The summed E-state index contributed by atoms with van der Waals surface area (Å²) >= 11 is 0. The first-order valence-corrected chi connectivity index (χ1v) is 9.34. The van der Waals surface area contributed by atoms with E-state index in [0.29, 0.717) is 0 Å². The predicted octanol–water partition coefficient (Wildman–Crippen LogP) is 0.457. The Kier molecular flexibility index (Phi) is 5.52. The summed E-state index contributed by atoms with van der Waals surface area (Å²) in [5.74, 6) is -1.03. The molecule has 7 nitrogen and oxygen atoms in total. The van der Waals surface area contributed by atoms with Gasteiger partial charge in [-0.25, -0.2) is 13.1 Å². The highest BCUT2D eigenvalue weighted by Gasteiger charge is 2.39. The molecule has 5 N–H and O–H groups in total. The summed E-state index contributed by atoms with van der Waals surface area (Å²) in [6.07, 6.45) is 0. The van der Waals surface area contributed by atoms with Crippen LogP contribution >= 0.6 is 0 Å². The Morgan fingerprint density at radius 3 is 2.19 bits per heavy atom. The van der Waals surface area contributed by atoms with Crippen LogP contribution in [0.25, 0.3) is 0 Å². The first-order valence-electron chi connectivity index (χ1n) is 7.86. The van der Waals surface area contributed by atoms with Gasteiger partial charge in [-0.2, -0.15) is 0 Å². The zero-order valence-corrected chi connectivity index (χ0v) is 15.3. The van der Waals surface area contributed by atoms with E-state index in [1.807, 2.05) is 0 Å². The largest absolute Gasteiger partial charge is 0.394 e. The summed E-state index contributed by atoms with van der Waals surface area (Å²) in [5, 5.41) is 20.3. The molecule has 0 saturated heterocycles. The van der Waals surface area contributed by atoms with Gasteiger partial charge in [0.15, 0.2) is 5.60 Å². The highest BCUT2D eigenvalue weighted by atomic mass is 32.2. The van der Waals surface area contributed by atoms with E-state index < -0.39 is 33.7 Å². The summed E-state index contributed by atoms with van der Waals surface area (Å²) in [5.41, 5.74) is 2.43. The zero-order chi connectivity index (χ0) is 19.6. The monoisotopic (exact) mass is 378 g/mol. The van der Waals surface area contributed by atoms with Crippen LogP contribution in [0.1, 0.15) is 25.0 Å². The smallest absolute Gasteiger partial charge is 0.258 e.